The zero-order valence-electron chi connectivity index (χ0n) is 15.7. The van der Waals surface area contributed by atoms with Crippen molar-refractivity contribution in [2.24, 2.45) is 5.92 Å². The van der Waals surface area contributed by atoms with Crippen molar-refractivity contribution < 1.29 is 14.3 Å². The Kier molecular flexibility index (Phi) is 4.41. The van der Waals surface area contributed by atoms with Crippen LogP contribution in [0.5, 0.6) is 0 Å². The summed E-state index contributed by atoms with van der Waals surface area (Å²) in [5.41, 5.74) is 3.57. The van der Waals surface area contributed by atoms with Gasteiger partial charge in [0.1, 0.15) is 5.58 Å². The van der Waals surface area contributed by atoms with Crippen LogP contribution in [-0.4, -0.2) is 41.6 Å². The number of aliphatic hydroxyl groups is 1. The number of rotatable bonds is 4. The monoisotopic (exact) mass is 376 g/mol. The first-order valence-corrected chi connectivity index (χ1v) is 9.97. The van der Waals surface area contributed by atoms with Crippen LogP contribution in [0.3, 0.4) is 0 Å². The minimum atomic E-state index is -0.132. The van der Waals surface area contributed by atoms with Gasteiger partial charge in [-0.2, -0.15) is 0 Å². The van der Waals surface area contributed by atoms with Crippen molar-refractivity contribution in [3.8, 4) is 11.1 Å². The maximum Gasteiger partial charge on any atom is 0.287 e. The Labute approximate surface area is 164 Å². The van der Waals surface area contributed by atoms with E-state index in [9.17, 15) is 9.90 Å². The lowest BCUT2D eigenvalue weighted by Gasteiger charge is -2.44. The van der Waals surface area contributed by atoms with Gasteiger partial charge in [-0.1, -0.05) is 30.3 Å². The number of furan rings is 1. The fraction of sp³-hybridized carbons (Fsp3) is 0.348. The van der Waals surface area contributed by atoms with E-state index in [-0.39, 0.29) is 18.6 Å². The van der Waals surface area contributed by atoms with Gasteiger partial charge in [0.25, 0.3) is 5.91 Å². The molecular weight excluding hydrogens is 352 g/mol. The molecule has 144 valence electrons. The smallest absolute Gasteiger partial charge is 0.287 e. The van der Waals surface area contributed by atoms with Crippen molar-refractivity contribution >= 4 is 16.9 Å². The van der Waals surface area contributed by atoms with Gasteiger partial charge in [0.15, 0.2) is 5.76 Å². The number of aliphatic hydroxyl groups excluding tert-OH is 1. The van der Waals surface area contributed by atoms with Gasteiger partial charge in [-0.05, 0) is 66.7 Å². The number of nitrogens with one attached hydrogen (secondary N) is 1. The maximum absolute atomic E-state index is 12.8. The van der Waals surface area contributed by atoms with Crippen molar-refractivity contribution in [3.63, 3.8) is 0 Å². The van der Waals surface area contributed by atoms with E-state index < -0.39 is 0 Å². The summed E-state index contributed by atoms with van der Waals surface area (Å²) in [4.78, 5) is 15.2. The van der Waals surface area contributed by atoms with Crippen LogP contribution in [0.4, 0.5) is 0 Å². The lowest BCUT2D eigenvalue weighted by atomic mass is 9.84. The Morgan fingerprint density at radius 1 is 1.14 bits per heavy atom. The molecule has 5 heteroatoms. The lowest BCUT2D eigenvalue weighted by molar-refractivity contribution is 0.0607. The highest BCUT2D eigenvalue weighted by molar-refractivity contribution is 5.97. The van der Waals surface area contributed by atoms with Crippen molar-refractivity contribution in [2.45, 2.75) is 25.5 Å². The van der Waals surface area contributed by atoms with Gasteiger partial charge in [0.2, 0.25) is 0 Å². The molecular formula is C23H24N2O3. The SMILES string of the molecule is O=C(NC1CN2CCC1CC2)c1cc2cc(-c3ccccc3CO)ccc2o1. The number of hydrogen-bond acceptors (Lipinski definition) is 4. The first-order valence-electron chi connectivity index (χ1n) is 9.97. The van der Waals surface area contributed by atoms with E-state index in [1.165, 1.54) is 12.8 Å². The van der Waals surface area contributed by atoms with Gasteiger partial charge < -0.3 is 19.7 Å². The summed E-state index contributed by atoms with van der Waals surface area (Å²) in [6.07, 6.45) is 2.33. The van der Waals surface area contributed by atoms with Crippen molar-refractivity contribution in [1.82, 2.24) is 10.2 Å². The molecule has 1 unspecified atom stereocenters. The zero-order chi connectivity index (χ0) is 19.1. The molecule has 1 atom stereocenters. The third kappa shape index (κ3) is 3.11. The molecule has 2 aromatic carbocycles. The van der Waals surface area contributed by atoms with Crippen LogP contribution >= 0.6 is 0 Å². The highest BCUT2D eigenvalue weighted by Crippen LogP contribution is 2.30. The number of hydrogen-bond donors (Lipinski definition) is 2. The molecule has 3 aromatic rings. The third-order valence-electron chi connectivity index (χ3n) is 6.21. The Hall–Kier alpha value is -2.63. The summed E-state index contributed by atoms with van der Waals surface area (Å²) in [6, 6.07) is 15.7. The third-order valence-corrected chi connectivity index (χ3v) is 6.21. The number of carbonyl (C=O) groups excluding carboxylic acids is 1. The first kappa shape index (κ1) is 17.5. The average molecular weight is 376 g/mol. The van der Waals surface area contributed by atoms with E-state index >= 15 is 0 Å². The molecule has 1 amide bonds. The lowest BCUT2D eigenvalue weighted by Crippen LogP contribution is -2.57. The highest BCUT2D eigenvalue weighted by atomic mass is 16.3. The van der Waals surface area contributed by atoms with Crippen LogP contribution in [0, 0.1) is 5.92 Å². The van der Waals surface area contributed by atoms with E-state index in [2.05, 4.69) is 10.2 Å². The molecule has 2 N–H and O–H groups in total. The molecule has 5 nitrogen and oxygen atoms in total. The second-order valence-corrected chi connectivity index (χ2v) is 7.90. The average Bonchev–Trinajstić information content (AvgIpc) is 3.18. The molecule has 0 radical (unpaired) electrons. The molecule has 28 heavy (non-hydrogen) atoms. The van der Waals surface area contributed by atoms with Gasteiger partial charge in [-0.15, -0.1) is 0 Å². The Bertz CT molecular complexity index is 1020. The maximum atomic E-state index is 12.8. The van der Waals surface area contributed by atoms with Crippen molar-refractivity contribution in [2.75, 3.05) is 19.6 Å². The Morgan fingerprint density at radius 2 is 1.96 bits per heavy atom. The largest absolute Gasteiger partial charge is 0.451 e. The van der Waals surface area contributed by atoms with E-state index in [1.54, 1.807) is 0 Å². The molecule has 2 bridgehead atoms. The van der Waals surface area contributed by atoms with Crippen molar-refractivity contribution in [1.29, 1.82) is 0 Å². The predicted molar refractivity (Wildman–Crippen MR) is 108 cm³/mol. The second-order valence-electron chi connectivity index (χ2n) is 7.90. The summed E-state index contributed by atoms with van der Waals surface area (Å²) >= 11 is 0. The van der Waals surface area contributed by atoms with Gasteiger partial charge in [-0.25, -0.2) is 0 Å². The first-order chi connectivity index (χ1) is 13.7. The molecule has 0 aliphatic carbocycles. The van der Waals surface area contributed by atoms with Crippen LogP contribution in [0.2, 0.25) is 0 Å². The molecule has 0 saturated carbocycles. The van der Waals surface area contributed by atoms with E-state index in [4.69, 9.17) is 4.42 Å². The van der Waals surface area contributed by atoms with E-state index in [0.717, 1.165) is 41.7 Å². The molecule has 3 saturated heterocycles. The number of fused-ring (bicyclic) bond motifs is 4. The van der Waals surface area contributed by atoms with Gasteiger partial charge >= 0.3 is 0 Å². The number of nitrogens with zero attached hydrogens (tertiary/aromatic N) is 1. The standard InChI is InChI=1S/C23H24N2O3/c26-14-17-3-1-2-4-19(17)16-5-6-21-18(11-16)12-22(28-21)23(27)24-20-13-25-9-7-15(20)8-10-25/h1-6,11-12,15,20,26H,7-10,13-14H2,(H,24,27). The fourth-order valence-corrected chi connectivity index (χ4v) is 4.63. The summed E-state index contributed by atoms with van der Waals surface area (Å²) in [6.45, 7) is 3.24. The molecule has 4 heterocycles. The number of piperidine rings is 3. The summed E-state index contributed by atoms with van der Waals surface area (Å²) in [7, 11) is 0. The van der Waals surface area contributed by atoms with Gasteiger partial charge in [0, 0.05) is 18.0 Å². The molecule has 3 aliphatic rings. The normalized spacial score (nSPS) is 23.8. The van der Waals surface area contributed by atoms with Crippen LogP contribution in [0.1, 0.15) is 29.0 Å². The fourth-order valence-electron chi connectivity index (χ4n) is 4.63. The van der Waals surface area contributed by atoms with Gasteiger partial charge in [-0.3, -0.25) is 4.79 Å². The highest BCUT2D eigenvalue weighted by Gasteiger charge is 2.35. The van der Waals surface area contributed by atoms with Crippen LogP contribution in [0.25, 0.3) is 22.1 Å². The minimum absolute atomic E-state index is 0.00712. The molecule has 6 rings (SSSR count). The summed E-state index contributed by atoms with van der Waals surface area (Å²) < 4.78 is 5.82. The number of carbonyl (C=O) groups is 1. The summed E-state index contributed by atoms with van der Waals surface area (Å²) in [5.74, 6) is 0.811. The summed E-state index contributed by atoms with van der Waals surface area (Å²) in [5, 5.41) is 13.7. The van der Waals surface area contributed by atoms with Crippen molar-refractivity contribution in [3.05, 3.63) is 59.9 Å². The Morgan fingerprint density at radius 3 is 2.71 bits per heavy atom. The van der Waals surface area contributed by atoms with Crippen LogP contribution in [-0.2, 0) is 6.61 Å². The van der Waals surface area contributed by atoms with E-state index in [0.29, 0.717) is 17.3 Å². The second kappa shape index (κ2) is 7.08. The topological polar surface area (TPSA) is 65.7 Å². The van der Waals surface area contributed by atoms with Gasteiger partial charge in [0.05, 0.1) is 6.61 Å². The molecule has 3 aliphatic heterocycles. The molecule has 3 fully saturated rings. The number of amides is 1. The number of benzene rings is 2. The van der Waals surface area contributed by atoms with E-state index in [1.807, 2.05) is 48.5 Å². The zero-order valence-corrected chi connectivity index (χ0v) is 15.7. The quantitative estimate of drug-likeness (QED) is 0.732. The molecule has 0 spiro atoms. The Balaban J connectivity index is 1.40. The minimum Gasteiger partial charge on any atom is -0.451 e. The predicted octanol–water partition coefficient (Wildman–Crippen LogP) is 3.42. The van der Waals surface area contributed by atoms with Crippen LogP contribution < -0.4 is 5.32 Å². The molecule has 1 aromatic heterocycles. The van der Waals surface area contributed by atoms with Crippen LogP contribution in [0.15, 0.2) is 52.9 Å².